The number of carbonyl (C=O) groups is 2. The van der Waals surface area contributed by atoms with Crippen molar-refractivity contribution in [1.29, 1.82) is 0 Å². The molecular formula is C21H25NO6. The van der Waals surface area contributed by atoms with E-state index < -0.39 is 29.3 Å². The van der Waals surface area contributed by atoms with Gasteiger partial charge in [-0.15, -0.1) is 0 Å². The van der Waals surface area contributed by atoms with Crippen molar-refractivity contribution in [3.05, 3.63) is 40.2 Å². The molecule has 2 aromatic rings. The fourth-order valence-electron chi connectivity index (χ4n) is 3.55. The third kappa shape index (κ3) is 3.88. The van der Waals surface area contributed by atoms with Gasteiger partial charge in [-0.3, -0.25) is 9.59 Å². The quantitative estimate of drug-likeness (QED) is 0.640. The van der Waals surface area contributed by atoms with Crippen molar-refractivity contribution < 1.29 is 23.5 Å². The van der Waals surface area contributed by atoms with Gasteiger partial charge in [0.25, 0.3) is 0 Å². The Morgan fingerprint density at radius 3 is 2.54 bits per heavy atom. The van der Waals surface area contributed by atoms with E-state index in [-0.39, 0.29) is 11.8 Å². The Morgan fingerprint density at radius 1 is 1.21 bits per heavy atom. The number of ether oxygens (including phenoxy) is 2. The van der Waals surface area contributed by atoms with Gasteiger partial charge in [-0.1, -0.05) is 13.8 Å². The first-order valence-electron chi connectivity index (χ1n) is 9.31. The van der Waals surface area contributed by atoms with E-state index in [9.17, 15) is 14.4 Å². The maximum atomic E-state index is 12.6. The SMILES string of the molecule is CC(=O)OC1C(NC(=O)CC(C)C)c2c(ccc3ccc(=O)oc23)OC1(C)C. The van der Waals surface area contributed by atoms with Crippen LogP contribution in [0.5, 0.6) is 5.75 Å². The van der Waals surface area contributed by atoms with Gasteiger partial charge in [0, 0.05) is 24.8 Å². The third-order valence-corrected chi connectivity index (χ3v) is 4.66. The molecule has 0 saturated carbocycles. The molecule has 2 atom stereocenters. The molecule has 3 rings (SSSR count). The lowest BCUT2D eigenvalue weighted by Crippen LogP contribution is -2.55. The van der Waals surface area contributed by atoms with Crippen molar-refractivity contribution in [3.8, 4) is 5.75 Å². The Hall–Kier alpha value is -2.83. The van der Waals surface area contributed by atoms with E-state index in [1.165, 1.54) is 13.0 Å². The van der Waals surface area contributed by atoms with E-state index in [2.05, 4.69) is 5.32 Å². The van der Waals surface area contributed by atoms with E-state index in [0.717, 1.165) is 0 Å². The molecule has 1 aromatic heterocycles. The maximum absolute atomic E-state index is 12.6. The lowest BCUT2D eigenvalue weighted by atomic mass is 9.85. The summed E-state index contributed by atoms with van der Waals surface area (Å²) >= 11 is 0. The molecule has 7 heteroatoms. The van der Waals surface area contributed by atoms with Gasteiger partial charge in [0.2, 0.25) is 5.91 Å². The van der Waals surface area contributed by atoms with Crippen LogP contribution in [0.15, 0.2) is 33.5 Å². The van der Waals surface area contributed by atoms with E-state index in [4.69, 9.17) is 13.9 Å². The fraction of sp³-hybridized carbons (Fsp3) is 0.476. The standard InChI is InChI=1S/C21H25NO6/c1-11(2)10-15(24)22-18-17-14(28-21(4,5)20(18)26-12(3)23)8-6-13-7-9-16(25)27-19(13)17/h6-9,11,18,20H,10H2,1-5H3,(H,22,24). The van der Waals surface area contributed by atoms with Gasteiger partial charge in [-0.05, 0) is 38.0 Å². The summed E-state index contributed by atoms with van der Waals surface area (Å²) in [6.45, 7) is 8.77. The van der Waals surface area contributed by atoms with Crippen LogP contribution in [0, 0.1) is 5.92 Å². The highest BCUT2D eigenvalue weighted by atomic mass is 16.6. The van der Waals surface area contributed by atoms with Gasteiger partial charge >= 0.3 is 11.6 Å². The highest BCUT2D eigenvalue weighted by Crippen LogP contribution is 2.44. The summed E-state index contributed by atoms with van der Waals surface area (Å²) in [4.78, 5) is 36.2. The van der Waals surface area contributed by atoms with E-state index in [1.807, 2.05) is 13.8 Å². The zero-order chi connectivity index (χ0) is 20.6. The number of amides is 1. The number of nitrogens with one attached hydrogen (secondary N) is 1. The Labute approximate surface area is 163 Å². The number of rotatable bonds is 4. The molecule has 0 spiro atoms. The van der Waals surface area contributed by atoms with Crippen molar-refractivity contribution in [1.82, 2.24) is 5.32 Å². The van der Waals surface area contributed by atoms with Crippen LogP contribution in [0.1, 0.15) is 52.6 Å². The molecule has 1 N–H and O–H groups in total. The number of benzene rings is 1. The molecule has 0 fully saturated rings. The van der Waals surface area contributed by atoms with Crippen LogP contribution in [-0.2, 0) is 14.3 Å². The van der Waals surface area contributed by atoms with Gasteiger partial charge < -0.3 is 19.2 Å². The molecule has 0 aliphatic carbocycles. The predicted molar refractivity (Wildman–Crippen MR) is 103 cm³/mol. The normalized spacial score (nSPS) is 20.4. The fourth-order valence-corrected chi connectivity index (χ4v) is 3.55. The van der Waals surface area contributed by atoms with Crippen LogP contribution in [0.2, 0.25) is 0 Å². The molecule has 28 heavy (non-hydrogen) atoms. The summed E-state index contributed by atoms with van der Waals surface area (Å²) in [5, 5.41) is 3.66. The first kappa shape index (κ1) is 19.9. The Balaban J connectivity index is 2.20. The van der Waals surface area contributed by atoms with Crippen molar-refractivity contribution >= 4 is 22.8 Å². The minimum atomic E-state index is -0.906. The monoisotopic (exact) mass is 387 g/mol. The number of carbonyl (C=O) groups excluding carboxylic acids is 2. The van der Waals surface area contributed by atoms with Crippen LogP contribution in [0.4, 0.5) is 0 Å². The van der Waals surface area contributed by atoms with Crippen molar-refractivity contribution in [3.63, 3.8) is 0 Å². The first-order valence-corrected chi connectivity index (χ1v) is 9.31. The first-order chi connectivity index (χ1) is 13.1. The third-order valence-electron chi connectivity index (χ3n) is 4.66. The maximum Gasteiger partial charge on any atom is 0.336 e. The number of fused-ring (bicyclic) bond motifs is 3. The van der Waals surface area contributed by atoms with Crippen molar-refractivity contribution in [2.45, 2.75) is 58.8 Å². The largest absolute Gasteiger partial charge is 0.483 e. The summed E-state index contributed by atoms with van der Waals surface area (Å²) in [6, 6.07) is 5.81. The summed E-state index contributed by atoms with van der Waals surface area (Å²) < 4.78 is 17.1. The van der Waals surface area contributed by atoms with Crippen molar-refractivity contribution in [2.75, 3.05) is 0 Å². The van der Waals surface area contributed by atoms with E-state index in [1.54, 1.807) is 32.0 Å². The zero-order valence-corrected chi connectivity index (χ0v) is 16.7. The zero-order valence-electron chi connectivity index (χ0n) is 16.7. The number of hydrogen-bond donors (Lipinski definition) is 1. The van der Waals surface area contributed by atoms with Gasteiger partial charge in [0.15, 0.2) is 6.10 Å². The molecule has 0 radical (unpaired) electrons. The molecule has 2 unspecified atom stereocenters. The summed E-state index contributed by atoms with van der Waals surface area (Å²) in [5.41, 5.74) is -0.607. The summed E-state index contributed by atoms with van der Waals surface area (Å²) in [7, 11) is 0. The second-order valence-corrected chi connectivity index (χ2v) is 8.03. The Bertz CT molecular complexity index is 975. The Kier molecular flexibility index (Phi) is 5.19. The van der Waals surface area contributed by atoms with Crippen LogP contribution in [0.3, 0.4) is 0 Å². The predicted octanol–water partition coefficient (Wildman–Crippen LogP) is 3.10. The second kappa shape index (κ2) is 7.30. The summed E-state index contributed by atoms with van der Waals surface area (Å²) in [6.07, 6.45) is -0.487. The van der Waals surface area contributed by atoms with Gasteiger partial charge in [-0.25, -0.2) is 4.79 Å². The molecule has 0 saturated heterocycles. The summed E-state index contributed by atoms with van der Waals surface area (Å²) in [5.74, 6) is -0.0407. The van der Waals surface area contributed by atoms with Gasteiger partial charge in [0.05, 0.1) is 5.56 Å². The molecular weight excluding hydrogens is 362 g/mol. The molecule has 1 aromatic carbocycles. The minimum Gasteiger partial charge on any atom is -0.483 e. The van der Waals surface area contributed by atoms with Crippen LogP contribution in [-0.4, -0.2) is 23.6 Å². The minimum absolute atomic E-state index is 0.157. The highest BCUT2D eigenvalue weighted by Gasteiger charge is 2.48. The van der Waals surface area contributed by atoms with Crippen LogP contribution < -0.4 is 15.7 Å². The molecule has 1 aliphatic heterocycles. The van der Waals surface area contributed by atoms with Crippen LogP contribution in [0.25, 0.3) is 11.0 Å². The van der Waals surface area contributed by atoms with E-state index in [0.29, 0.717) is 28.7 Å². The second-order valence-electron chi connectivity index (χ2n) is 8.03. The number of hydrogen-bond acceptors (Lipinski definition) is 6. The average Bonchev–Trinajstić information content (AvgIpc) is 2.56. The Morgan fingerprint density at radius 2 is 1.89 bits per heavy atom. The highest BCUT2D eigenvalue weighted by molar-refractivity contribution is 5.85. The molecule has 2 heterocycles. The molecule has 1 aliphatic rings. The molecule has 7 nitrogen and oxygen atoms in total. The van der Waals surface area contributed by atoms with Crippen molar-refractivity contribution in [2.24, 2.45) is 5.92 Å². The molecule has 0 bridgehead atoms. The molecule has 150 valence electrons. The van der Waals surface area contributed by atoms with Crippen LogP contribution >= 0.6 is 0 Å². The van der Waals surface area contributed by atoms with Gasteiger partial charge in [-0.2, -0.15) is 0 Å². The average molecular weight is 387 g/mol. The lowest BCUT2D eigenvalue weighted by molar-refractivity contribution is -0.164. The topological polar surface area (TPSA) is 94.8 Å². The lowest BCUT2D eigenvalue weighted by Gasteiger charge is -2.44. The van der Waals surface area contributed by atoms with E-state index >= 15 is 0 Å². The smallest absolute Gasteiger partial charge is 0.336 e. The number of esters is 1. The van der Waals surface area contributed by atoms with Gasteiger partial charge in [0.1, 0.15) is 23.0 Å². The molecule has 1 amide bonds.